The molecule has 0 fully saturated rings. The lowest BCUT2D eigenvalue weighted by Gasteiger charge is -2.08. The van der Waals surface area contributed by atoms with Gasteiger partial charge in [-0.25, -0.2) is 17.6 Å². The molecule has 2 rings (SSSR count). The van der Waals surface area contributed by atoms with Gasteiger partial charge in [0.1, 0.15) is 5.82 Å². The molecule has 0 amide bonds. The van der Waals surface area contributed by atoms with Gasteiger partial charge < -0.3 is 5.11 Å². The van der Waals surface area contributed by atoms with Gasteiger partial charge in [0.05, 0.1) is 10.6 Å². The number of benzene rings is 2. The Hall–Kier alpha value is -3.11. The summed E-state index contributed by atoms with van der Waals surface area (Å²) in [6, 6.07) is 10.7. The Morgan fingerprint density at radius 2 is 1.88 bits per heavy atom. The largest absolute Gasteiger partial charge is 0.478 e. The summed E-state index contributed by atoms with van der Waals surface area (Å²) in [5, 5.41) is 8.45. The lowest BCUT2D eigenvalue weighted by Crippen LogP contribution is -2.12. The summed E-state index contributed by atoms with van der Waals surface area (Å²) in [7, 11) is -3.84. The van der Waals surface area contributed by atoms with Gasteiger partial charge in [0.2, 0.25) is 0 Å². The third-order valence-electron chi connectivity index (χ3n) is 2.76. The van der Waals surface area contributed by atoms with Crippen molar-refractivity contribution in [3.8, 4) is 11.8 Å². The van der Waals surface area contributed by atoms with E-state index in [-0.39, 0.29) is 10.6 Å². The topological polar surface area (TPSA) is 83.5 Å². The molecule has 122 valence electrons. The van der Waals surface area contributed by atoms with E-state index < -0.39 is 21.8 Å². The predicted octanol–water partition coefficient (Wildman–Crippen LogP) is 2.62. The summed E-state index contributed by atoms with van der Waals surface area (Å²) < 4.78 is 39.7. The number of halogens is 1. The van der Waals surface area contributed by atoms with E-state index >= 15 is 0 Å². The van der Waals surface area contributed by atoms with E-state index in [0.717, 1.165) is 30.3 Å². The van der Waals surface area contributed by atoms with Crippen LogP contribution in [-0.2, 0) is 14.8 Å². The van der Waals surface area contributed by atoms with Crippen LogP contribution in [0.3, 0.4) is 0 Å². The summed E-state index contributed by atoms with van der Waals surface area (Å²) in [6.07, 6.45) is 2.08. The van der Waals surface area contributed by atoms with Crippen molar-refractivity contribution in [1.29, 1.82) is 0 Å². The van der Waals surface area contributed by atoms with Crippen LogP contribution >= 0.6 is 0 Å². The van der Waals surface area contributed by atoms with Crippen LogP contribution in [0.4, 0.5) is 10.1 Å². The van der Waals surface area contributed by atoms with Gasteiger partial charge in [0.15, 0.2) is 0 Å². The van der Waals surface area contributed by atoms with Crippen LogP contribution in [-0.4, -0.2) is 19.5 Å². The second kappa shape index (κ2) is 7.44. The van der Waals surface area contributed by atoms with Crippen molar-refractivity contribution in [1.82, 2.24) is 0 Å². The molecule has 24 heavy (non-hydrogen) atoms. The molecule has 0 aliphatic heterocycles. The fourth-order valence-corrected chi connectivity index (χ4v) is 2.78. The normalized spacial score (nSPS) is 10.9. The van der Waals surface area contributed by atoms with Crippen LogP contribution in [0.15, 0.2) is 65.6 Å². The van der Waals surface area contributed by atoms with Gasteiger partial charge in [-0.2, -0.15) is 0 Å². The highest BCUT2D eigenvalue weighted by Gasteiger charge is 2.14. The molecular weight excluding hydrogens is 333 g/mol. The molecule has 0 saturated heterocycles. The molecule has 5 nitrogen and oxygen atoms in total. The van der Waals surface area contributed by atoms with E-state index in [0.29, 0.717) is 5.56 Å². The standard InChI is InChI=1S/C17H12FNO4S/c18-14-8-10-16(11-9-14)24(22,23)19-15-6-3-5-13(12-15)4-1-2-7-17(20)21/h2-3,5-12,19H,(H,20,21)/b7-2+. The first kappa shape index (κ1) is 17.2. The molecule has 0 heterocycles. The third-order valence-corrected chi connectivity index (χ3v) is 4.16. The van der Waals surface area contributed by atoms with Crippen molar-refractivity contribution in [2.45, 2.75) is 4.90 Å². The first-order valence-electron chi connectivity index (χ1n) is 6.66. The summed E-state index contributed by atoms with van der Waals surface area (Å²) in [5.41, 5.74) is 0.790. The van der Waals surface area contributed by atoms with Crippen molar-refractivity contribution in [3.63, 3.8) is 0 Å². The number of hydrogen-bond acceptors (Lipinski definition) is 3. The smallest absolute Gasteiger partial charge is 0.328 e. The molecule has 0 radical (unpaired) electrons. The van der Waals surface area contributed by atoms with Crippen molar-refractivity contribution in [3.05, 3.63) is 72.1 Å². The van der Waals surface area contributed by atoms with Crippen molar-refractivity contribution in [2.24, 2.45) is 0 Å². The SMILES string of the molecule is O=C(O)/C=C/C#Cc1cccc(NS(=O)(=O)c2ccc(F)cc2)c1. The minimum atomic E-state index is -3.84. The van der Waals surface area contributed by atoms with Gasteiger partial charge in [-0.15, -0.1) is 0 Å². The van der Waals surface area contributed by atoms with E-state index in [1.54, 1.807) is 18.2 Å². The number of carboxylic acids is 1. The highest BCUT2D eigenvalue weighted by Crippen LogP contribution is 2.17. The molecule has 0 saturated carbocycles. The molecular formula is C17H12FNO4S. The molecule has 0 aliphatic rings. The van der Waals surface area contributed by atoms with Crippen molar-refractivity contribution >= 4 is 21.7 Å². The van der Waals surface area contributed by atoms with E-state index in [1.165, 1.54) is 12.1 Å². The van der Waals surface area contributed by atoms with Gasteiger partial charge in [0.25, 0.3) is 10.0 Å². The number of allylic oxidation sites excluding steroid dienone is 1. The molecule has 2 aromatic rings. The summed E-state index contributed by atoms with van der Waals surface area (Å²) >= 11 is 0. The Kier molecular flexibility index (Phi) is 5.35. The molecule has 2 N–H and O–H groups in total. The number of carboxylic acid groups (broad SMARTS) is 1. The molecule has 7 heteroatoms. The maximum Gasteiger partial charge on any atom is 0.328 e. The number of sulfonamides is 1. The molecule has 0 unspecified atom stereocenters. The van der Waals surface area contributed by atoms with E-state index in [9.17, 15) is 17.6 Å². The Labute approximate surface area is 138 Å². The Balaban J connectivity index is 2.20. The summed E-state index contributed by atoms with van der Waals surface area (Å²) in [4.78, 5) is 10.3. The molecule has 0 aromatic heterocycles. The number of hydrogen-bond donors (Lipinski definition) is 2. The van der Waals surface area contributed by atoms with Crippen LogP contribution in [0.2, 0.25) is 0 Å². The maximum atomic E-state index is 12.9. The Morgan fingerprint density at radius 1 is 1.17 bits per heavy atom. The number of rotatable bonds is 4. The van der Waals surface area contributed by atoms with Gasteiger partial charge in [-0.05, 0) is 48.5 Å². The number of carbonyl (C=O) groups is 1. The highest BCUT2D eigenvalue weighted by molar-refractivity contribution is 7.92. The minimum absolute atomic E-state index is 0.0650. The molecule has 0 spiro atoms. The quantitative estimate of drug-likeness (QED) is 0.659. The Morgan fingerprint density at radius 3 is 2.54 bits per heavy atom. The fraction of sp³-hybridized carbons (Fsp3) is 0. The second-order valence-electron chi connectivity index (χ2n) is 4.58. The zero-order valence-electron chi connectivity index (χ0n) is 12.2. The average molecular weight is 345 g/mol. The lowest BCUT2D eigenvalue weighted by molar-refractivity contribution is -0.131. The zero-order valence-corrected chi connectivity index (χ0v) is 13.0. The zero-order chi connectivity index (χ0) is 17.6. The molecule has 0 atom stereocenters. The monoisotopic (exact) mass is 345 g/mol. The van der Waals surface area contributed by atoms with Gasteiger partial charge in [-0.3, -0.25) is 4.72 Å². The lowest BCUT2D eigenvalue weighted by atomic mass is 10.2. The van der Waals surface area contributed by atoms with Gasteiger partial charge in [0, 0.05) is 11.6 Å². The van der Waals surface area contributed by atoms with E-state index in [1.807, 2.05) is 0 Å². The second-order valence-corrected chi connectivity index (χ2v) is 6.26. The number of aliphatic carboxylic acids is 1. The molecule has 0 bridgehead atoms. The maximum absolute atomic E-state index is 12.9. The molecule has 0 aliphatic carbocycles. The van der Waals surface area contributed by atoms with Crippen molar-refractivity contribution in [2.75, 3.05) is 4.72 Å². The van der Waals surface area contributed by atoms with E-state index in [4.69, 9.17) is 5.11 Å². The van der Waals surface area contributed by atoms with Crippen LogP contribution in [0.25, 0.3) is 0 Å². The highest BCUT2D eigenvalue weighted by atomic mass is 32.2. The van der Waals surface area contributed by atoms with Crippen LogP contribution in [0.1, 0.15) is 5.56 Å². The molecule has 2 aromatic carbocycles. The fourth-order valence-electron chi connectivity index (χ4n) is 1.73. The van der Waals surface area contributed by atoms with Gasteiger partial charge in [-0.1, -0.05) is 17.9 Å². The van der Waals surface area contributed by atoms with Gasteiger partial charge >= 0.3 is 5.97 Å². The minimum Gasteiger partial charge on any atom is -0.478 e. The third kappa shape index (κ3) is 4.97. The van der Waals surface area contributed by atoms with Crippen LogP contribution in [0, 0.1) is 17.7 Å². The number of nitrogens with one attached hydrogen (secondary N) is 1. The summed E-state index contributed by atoms with van der Waals surface area (Å²) in [5.74, 6) is 3.59. The van der Waals surface area contributed by atoms with E-state index in [2.05, 4.69) is 16.6 Å². The average Bonchev–Trinajstić information content (AvgIpc) is 2.52. The van der Waals surface area contributed by atoms with Crippen LogP contribution < -0.4 is 4.72 Å². The number of anilines is 1. The summed E-state index contributed by atoms with van der Waals surface area (Å²) in [6.45, 7) is 0. The van der Waals surface area contributed by atoms with Crippen molar-refractivity contribution < 1.29 is 22.7 Å². The Bertz CT molecular complexity index is 939. The first-order valence-corrected chi connectivity index (χ1v) is 8.14. The van der Waals surface area contributed by atoms with Crippen LogP contribution in [0.5, 0.6) is 0 Å². The predicted molar refractivity (Wildman–Crippen MR) is 87.3 cm³/mol. The first-order chi connectivity index (χ1) is 11.4.